The van der Waals surface area contributed by atoms with Crippen LogP contribution in [0.15, 0.2) is 30.3 Å². The van der Waals surface area contributed by atoms with Crippen LogP contribution in [0.25, 0.3) is 0 Å². The Labute approximate surface area is 78.0 Å². The van der Waals surface area contributed by atoms with Crippen molar-refractivity contribution in [3.05, 3.63) is 42.3 Å². The van der Waals surface area contributed by atoms with Gasteiger partial charge in [0.1, 0.15) is 0 Å². The predicted octanol–water partition coefficient (Wildman–Crippen LogP) is 1.78. The van der Waals surface area contributed by atoms with Crippen molar-refractivity contribution in [2.45, 2.75) is 18.9 Å². The van der Waals surface area contributed by atoms with Crippen molar-refractivity contribution < 1.29 is 4.79 Å². The van der Waals surface area contributed by atoms with Gasteiger partial charge in [-0.05, 0) is 31.4 Å². The summed E-state index contributed by atoms with van der Waals surface area (Å²) in [5.41, 5.74) is 0.739. The Hall–Kier alpha value is -1.31. The van der Waals surface area contributed by atoms with Crippen molar-refractivity contribution in [1.82, 2.24) is 5.32 Å². The second-order valence-electron chi connectivity index (χ2n) is 3.26. The van der Waals surface area contributed by atoms with Gasteiger partial charge in [-0.3, -0.25) is 4.79 Å². The van der Waals surface area contributed by atoms with Crippen LogP contribution in [-0.2, 0) is 0 Å². The van der Waals surface area contributed by atoms with Gasteiger partial charge in [-0.25, -0.2) is 0 Å². The summed E-state index contributed by atoms with van der Waals surface area (Å²) in [4.78, 5) is 11.5. The minimum Gasteiger partial charge on any atom is -0.349 e. The molecular weight excluding hydrogens is 162 g/mol. The molecular formula is C11H12NO. The third-order valence-corrected chi connectivity index (χ3v) is 2.28. The summed E-state index contributed by atoms with van der Waals surface area (Å²) < 4.78 is 0. The molecule has 2 nitrogen and oxygen atoms in total. The summed E-state index contributed by atoms with van der Waals surface area (Å²) >= 11 is 0. The number of carbonyl (C=O) groups excluding carboxylic acids is 1. The van der Waals surface area contributed by atoms with Gasteiger partial charge >= 0.3 is 0 Å². The third-order valence-electron chi connectivity index (χ3n) is 2.28. The Kier molecular flexibility index (Phi) is 2.30. The number of hydrogen-bond acceptors (Lipinski definition) is 1. The maximum atomic E-state index is 11.5. The molecule has 0 aromatic heterocycles. The van der Waals surface area contributed by atoms with Crippen molar-refractivity contribution in [1.29, 1.82) is 0 Å². The Morgan fingerprint density at radius 2 is 2.00 bits per heavy atom. The van der Waals surface area contributed by atoms with Crippen molar-refractivity contribution in [3.8, 4) is 0 Å². The molecule has 1 fully saturated rings. The van der Waals surface area contributed by atoms with Crippen LogP contribution in [0.3, 0.4) is 0 Å². The van der Waals surface area contributed by atoms with Gasteiger partial charge in [-0.2, -0.15) is 0 Å². The molecule has 0 heterocycles. The lowest BCUT2D eigenvalue weighted by atomic mass is 9.93. The molecule has 2 rings (SSSR count). The summed E-state index contributed by atoms with van der Waals surface area (Å²) in [6.45, 7) is 0. The highest BCUT2D eigenvalue weighted by atomic mass is 16.1. The second-order valence-corrected chi connectivity index (χ2v) is 3.26. The molecule has 1 aliphatic carbocycles. The summed E-state index contributed by atoms with van der Waals surface area (Å²) in [7, 11) is 0. The number of hydrogen-bond donors (Lipinski definition) is 1. The Morgan fingerprint density at radius 3 is 2.54 bits per heavy atom. The Morgan fingerprint density at radius 1 is 1.31 bits per heavy atom. The van der Waals surface area contributed by atoms with Crippen molar-refractivity contribution in [2.24, 2.45) is 0 Å². The quantitative estimate of drug-likeness (QED) is 0.727. The molecule has 1 aliphatic rings. The molecule has 67 valence electrons. The molecule has 13 heavy (non-hydrogen) atoms. The van der Waals surface area contributed by atoms with E-state index in [-0.39, 0.29) is 5.91 Å². The molecule has 0 spiro atoms. The highest BCUT2D eigenvalue weighted by Crippen LogP contribution is 2.17. The summed E-state index contributed by atoms with van der Waals surface area (Å²) in [5, 5.41) is 2.94. The fraction of sp³-hybridized carbons (Fsp3) is 0.273. The smallest absolute Gasteiger partial charge is 0.251 e. The highest BCUT2D eigenvalue weighted by molar-refractivity contribution is 5.94. The highest BCUT2D eigenvalue weighted by Gasteiger charge is 2.19. The normalized spacial score (nSPS) is 16.3. The fourth-order valence-corrected chi connectivity index (χ4v) is 1.31. The minimum atomic E-state index is 0.0292. The van der Waals surface area contributed by atoms with Crippen LogP contribution in [0.5, 0.6) is 0 Å². The average Bonchev–Trinajstić information content (AvgIpc) is 2.12. The van der Waals surface area contributed by atoms with Crippen LogP contribution in [0, 0.1) is 6.42 Å². The predicted molar refractivity (Wildman–Crippen MR) is 51.2 cm³/mol. The van der Waals surface area contributed by atoms with Crippen LogP contribution in [0.4, 0.5) is 0 Å². The molecule has 2 heteroatoms. The lowest BCUT2D eigenvalue weighted by molar-refractivity contribution is 0.0932. The largest absolute Gasteiger partial charge is 0.349 e. The van der Waals surface area contributed by atoms with Crippen molar-refractivity contribution in [2.75, 3.05) is 0 Å². The first-order chi connectivity index (χ1) is 6.36. The van der Waals surface area contributed by atoms with Crippen LogP contribution in [-0.4, -0.2) is 11.9 Å². The van der Waals surface area contributed by atoms with E-state index in [1.807, 2.05) is 30.3 Å². The number of nitrogens with one attached hydrogen (secondary N) is 1. The standard InChI is InChI=1S/C11H12NO/c13-11(12-10-7-4-8-10)9-5-2-1-3-6-9/h1-3,5-7,10H,4,8H2,(H,12,13). The first-order valence-corrected chi connectivity index (χ1v) is 4.55. The topological polar surface area (TPSA) is 29.1 Å². The Bertz CT molecular complexity index is 290. The van der Waals surface area contributed by atoms with E-state index in [1.165, 1.54) is 0 Å². The molecule has 0 saturated heterocycles. The molecule has 1 unspecified atom stereocenters. The van der Waals surface area contributed by atoms with Gasteiger partial charge in [-0.1, -0.05) is 18.2 Å². The van der Waals surface area contributed by atoms with Gasteiger partial charge < -0.3 is 5.32 Å². The second kappa shape index (κ2) is 3.60. The molecule has 1 atom stereocenters. The van der Waals surface area contributed by atoms with Crippen molar-refractivity contribution >= 4 is 5.91 Å². The molecule has 1 radical (unpaired) electrons. The first kappa shape index (κ1) is 8.30. The van der Waals surface area contributed by atoms with Crippen LogP contribution in [0.1, 0.15) is 23.2 Å². The molecule has 1 N–H and O–H groups in total. The van der Waals surface area contributed by atoms with Gasteiger partial charge in [0.25, 0.3) is 5.91 Å². The third kappa shape index (κ3) is 1.89. The van der Waals surface area contributed by atoms with Crippen LogP contribution in [0.2, 0.25) is 0 Å². The van der Waals surface area contributed by atoms with Gasteiger partial charge in [-0.15, -0.1) is 0 Å². The first-order valence-electron chi connectivity index (χ1n) is 4.55. The van der Waals surface area contributed by atoms with E-state index in [0.717, 1.165) is 18.4 Å². The molecule has 0 aliphatic heterocycles. The lowest BCUT2D eigenvalue weighted by Gasteiger charge is -2.25. The van der Waals surface area contributed by atoms with E-state index < -0.39 is 0 Å². The van der Waals surface area contributed by atoms with Gasteiger partial charge in [0, 0.05) is 11.6 Å². The average molecular weight is 174 g/mol. The molecule has 1 amide bonds. The van der Waals surface area contributed by atoms with E-state index in [4.69, 9.17) is 0 Å². The van der Waals surface area contributed by atoms with Gasteiger partial charge in [0.2, 0.25) is 0 Å². The number of amides is 1. The molecule has 0 bridgehead atoms. The van der Waals surface area contributed by atoms with Crippen LogP contribution < -0.4 is 5.32 Å². The van der Waals surface area contributed by atoms with E-state index in [9.17, 15) is 4.79 Å². The van der Waals surface area contributed by atoms with E-state index in [2.05, 4.69) is 11.7 Å². The lowest BCUT2D eigenvalue weighted by Crippen LogP contribution is -2.39. The SMILES string of the molecule is O=C(NC1[CH]CC1)c1ccccc1. The van der Waals surface area contributed by atoms with Gasteiger partial charge in [0.15, 0.2) is 0 Å². The zero-order chi connectivity index (χ0) is 9.10. The number of carbonyl (C=O) groups is 1. The molecule has 1 aromatic carbocycles. The number of benzene rings is 1. The van der Waals surface area contributed by atoms with Crippen LogP contribution >= 0.6 is 0 Å². The summed E-state index contributed by atoms with van der Waals surface area (Å²) in [6, 6.07) is 9.61. The molecule has 1 saturated carbocycles. The number of rotatable bonds is 2. The van der Waals surface area contributed by atoms with E-state index in [0.29, 0.717) is 6.04 Å². The zero-order valence-corrected chi connectivity index (χ0v) is 7.36. The van der Waals surface area contributed by atoms with E-state index >= 15 is 0 Å². The van der Waals surface area contributed by atoms with Gasteiger partial charge in [0.05, 0.1) is 0 Å². The van der Waals surface area contributed by atoms with Crippen molar-refractivity contribution in [3.63, 3.8) is 0 Å². The maximum Gasteiger partial charge on any atom is 0.251 e. The summed E-state index contributed by atoms with van der Waals surface area (Å²) in [5.74, 6) is 0.0292. The van der Waals surface area contributed by atoms with E-state index in [1.54, 1.807) is 0 Å². The minimum absolute atomic E-state index is 0.0292. The monoisotopic (exact) mass is 174 g/mol. The Balaban J connectivity index is 1.97. The fourth-order valence-electron chi connectivity index (χ4n) is 1.31. The maximum absolute atomic E-state index is 11.5. The summed E-state index contributed by atoms with van der Waals surface area (Å²) in [6.07, 6.45) is 4.33. The zero-order valence-electron chi connectivity index (χ0n) is 7.36. The molecule has 1 aromatic rings.